The van der Waals surface area contributed by atoms with E-state index >= 15 is 0 Å². The molecule has 1 atom stereocenters. The zero-order valence-corrected chi connectivity index (χ0v) is 11.6. The monoisotopic (exact) mass is 291 g/mol. The summed E-state index contributed by atoms with van der Waals surface area (Å²) in [5.41, 5.74) is 1.17. The second kappa shape index (κ2) is 4.46. The molecule has 108 valence electrons. The van der Waals surface area contributed by atoms with Gasteiger partial charge in [-0.1, -0.05) is 48.5 Å². The lowest BCUT2D eigenvalue weighted by atomic mass is 9.82. The van der Waals surface area contributed by atoms with Crippen molar-refractivity contribution in [1.29, 1.82) is 0 Å². The number of H-pyrrole nitrogens is 1. The molecule has 1 fully saturated rings. The zero-order valence-electron chi connectivity index (χ0n) is 11.6. The largest absolute Gasteiger partial charge is 0.361 e. The number of carbonyl (C=O) groups excluding carboxylic acids is 2. The van der Waals surface area contributed by atoms with Crippen molar-refractivity contribution in [2.24, 2.45) is 0 Å². The molecule has 5 nitrogen and oxygen atoms in total. The number of hydrogen-bond acceptors (Lipinski definition) is 2. The van der Waals surface area contributed by atoms with Crippen LogP contribution in [0.2, 0.25) is 0 Å². The van der Waals surface area contributed by atoms with Gasteiger partial charge in [0.2, 0.25) is 0 Å². The summed E-state index contributed by atoms with van der Waals surface area (Å²) in [7, 11) is 0. The summed E-state index contributed by atoms with van der Waals surface area (Å²) in [5, 5.41) is 6.07. The van der Waals surface area contributed by atoms with Gasteiger partial charge in [0, 0.05) is 22.7 Å². The molecule has 0 unspecified atom stereocenters. The van der Waals surface area contributed by atoms with E-state index in [0.29, 0.717) is 0 Å². The summed E-state index contributed by atoms with van der Waals surface area (Å²) in [5.74, 6) is -0.367. The van der Waals surface area contributed by atoms with Crippen LogP contribution < -0.4 is 10.6 Å². The Morgan fingerprint density at radius 1 is 0.864 bits per heavy atom. The van der Waals surface area contributed by atoms with E-state index in [1.54, 1.807) is 6.20 Å². The van der Waals surface area contributed by atoms with Crippen molar-refractivity contribution < 1.29 is 9.59 Å². The molecule has 1 aliphatic heterocycles. The van der Waals surface area contributed by atoms with Gasteiger partial charge in [0.15, 0.2) is 5.54 Å². The first kappa shape index (κ1) is 12.6. The van der Waals surface area contributed by atoms with E-state index in [-0.39, 0.29) is 5.91 Å². The number of hydrogen-bond donors (Lipinski definition) is 3. The molecular weight excluding hydrogens is 278 g/mol. The average molecular weight is 291 g/mol. The first-order valence-electron chi connectivity index (χ1n) is 6.97. The number of benzene rings is 2. The van der Waals surface area contributed by atoms with Gasteiger partial charge in [-0.05, 0) is 11.6 Å². The van der Waals surface area contributed by atoms with E-state index in [1.807, 2.05) is 54.6 Å². The van der Waals surface area contributed by atoms with E-state index in [4.69, 9.17) is 0 Å². The Morgan fingerprint density at radius 3 is 2.32 bits per heavy atom. The maximum Gasteiger partial charge on any atom is 0.322 e. The van der Waals surface area contributed by atoms with E-state index < -0.39 is 11.6 Å². The van der Waals surface area contributed by atoms with Gasteiger partial charge in [-0.2, -0.15) is 0 Å². The standard InChI is InChI=1S/C17H13N3O2/c21-15-17(20-16(22)19-15,11-6-2-1-3-7-11)13-10-18-14-9-5-4-8-12(13)14/h1-10,18H,(H2,19,20,21,22)/t17-/m1/s1. The van der Waals surface area contributed by atoms with Crippen LogP contribution in [0.1, 0.15) is 11.1 Å². The molecule has 2 heterocycles. The molecule has 0 spiro atoms. The lowest BCUT2D eigenvalue weighted by molar-refractivity contribution is -0.122. The van der Waals surface area contributed by atoms with E-state index in [2.05, 4.69) is 15.6 Å². The molecule has 1 saturated heterocycles. The normalized spacial score (nSPS) is 20.9. The summed E-state index contributed by atoms with van der Waals surface area (Å²) in [6, 6.07) is 16.5. The molecule has 0 aliphatic carbocycles. The number of carbonyl (C=O) groups is 2. The molecule has 5 heteroatoms. The van der Waals surface area contributed by atoms with Crippen molar-refractivity contribution in [3.8, 4) is 0 Å². The molecule has 3 amide bonds. The van der Waals surface area contributed by atoms with Gasteiger partial charge in [0.05, 0.1) is 0 Å². The number of urea groups is 1. The fourth-order valence-electron chi connectivity index (χ4n) is 3.07. The van der Waals surface area contributed by atoms with Gasteiger partial charge in [-0.25, -0.2) is 4.79 Å². The van der Waals surface area contributed by atoms with Crippen molar-refractivity contribution in [2.45, 2.75) is 5.54 Å². The van der Waals surface area contributed by atoms with Crippen LogP contribution in [-0.4, -0.2) is 16.9 Å². The first-order valence-corrected chi connectivity index (χ1v) is 6.97. The highest BCUT2D eigenvalue weighted by atomic mass is 16.2. The number of rotatable bonds is 2. The smallest absolute Gasteiger partial charge is 0.322 e. The number of aromatic nitrogens is 1. The Balaban J connectivity index is 2.04. The molecule has 22 heavy (non-hydrogen) atoms. The van der Waals surface area contributed by atoms with Crippen LogP contribution in [0.3, 0.4) is 0 Å². The Bertz CT molecular complexity index is 885. The van der Waals surface area contributed by atoms with Crippen LogP contribution >= 0.6 is 0 Å². The minimum Gasteiger partial charge on any atom is -0.361 e. The topological polar surface area (TPSA) is 74.0 Å². The van der Waals surface area contributed by atoms with Crippen LogP contribution in [0.4, 0.5) is 4.79 Å². The third-order valence-electron chi connectivity index (χ3n) is 4.07. The van der Waals surface area contributed by atoms with Gasteiger partial charge in [0.25, 0.3) is 5.91 Å². The summed E-state index contributed by atoms with van der Waals surface area (Å²) in [4.78, 5) is 27.6. The molecule has 1 aliphatic rings. The third-order valence-corrected chi connectivity index (χ3v) is 4.07. The Kier molecular flexibility index (Phi) is 2.56. The second-order valence-corrected chi connectivity index (χ2v) is 5.27. The molecular formula is C17H13N3O2. The van der Waals surface area contributed by atoms with Gasteiger partial charge < -0.3 is 10.3 Å². The molecule has 0 radical (unpaired) electrons. The molecule has 3 N–H and O–H groups in total. The van der Waals surface area contributed by atoms with Gasteiger partial charge in [-0.15, -0.1) is 0 Å². The minimum absolute atomic E-state index is 0.367. The van der Waals surface area contributed by atoms with Crippen molar-refractivity contribution in [3.05, 3.63) is 71.9 Å². The number of para-hydroxylation sites is 1. The Morgan fingerprint density at radius 2 is 1.59 bits per heavy atom. The van der Waals surface area contributed by atoms with E-state index in [1.165, 1.54) is 0 Å². The highest BCUT2D eigenvalue weighted by Gasteiger charge is 2.50. The molecule has 2 aromatic carbocycles. The summed E-state index contributed by atoms with van der Waals surface area (Å²) in [6.45, 7) is 0. The van der Waals surface area contributed by atoms with Crippen molar-refractivity contribution in [1.82, 2.24) is 15.6 Å². The summed E-state index contributed by atoms with van der Waals surface area (Å²) < 4.78 is 0. The number of imide groups is 1. The number of fused-ring (bicyclic) bond motifs is 1. The second-order valence-electron chi connectivity index (χ2n) is 5.27. The Hall–Kier alpha value is -3.08. The quantitative estimate of drug-likeness (QED) is 0.634. The molecule has 0 saturated carbocycles. The maximum absolute atomic E-state index is 12.6. The van der Waals surface area contributed by atoms with Crippen molar-refractivity contribution >= 4 is 22.8 Å². The van der Waals surface area contributed by atoms with Gasteiger partial charge in [0.1, 0.15) is 0 Å². The predicted octanol–water partition coefficient (Wildman–Crippen LogP) is 2.25. The molecule has 0 bridgehead atoms. The van der Waals surface area contributed by atoms with Gasteiger partial charge >= 0.3 is 6.03 Å². The predicted molar refractivity (Wildman–Crippen MR) is 82.2 cm³/mol. The van der Waals surface area contributed by atoms with Gasteiger partial charge in [-0.3, -0.25) is 10.1 Å². The highest BCUT2D eigenvalue weighted by molar-refractivity contribution is 6.11. The average Bonchev–Trinajstić information content (AvgIpc) is 3.09. The van der Waals surface area contributed by atoms with Crippen LogP contribution in [0.25, 0.3) is 10.9 Å². The van der Waals surface area contributed by atoms with Crippen LogP contribution in [0.5, 0.6) is 0 Å². The lowest BCUT2D eigenvalue weighted by Crippen LogP contribution is -2.44. The molecule has 4 rings (SSSR count). The van der Waals surface area contributed by atoms with E-state index in [0.717, 1.165) is 22.0 Å². The van der Waals surface area contributed by atoms with Crippen LogP contribution in [0.15, 0.2) is 60.8 Å². The number of aromatic amines is 1. The van der Waals surface area contributed by atoms with Crippen LogP contribution in [-0.2, 0) is 10.3 Å². The van der Waals surface area contributed by atoms with E-state index in [9.17, 15) is 9.59 Å². The van der Waals surface area contributed by atoms with Crippen molar-refractivity contribution in [2.75, 3.05) is 0 Å². The number of amides is 3. The minimum atomic E-state index is -1.21. The fraction of sp³-hybridized carbons (Fsp3) is 0.0588. The highest BCUT2D eigenvalue weighted by Crippen LogP contribution is 2.36. The maximum atomic E-state index is 12.6. The summed E-state index contributed by atoms with van der Waals surface area (Å²) >= 11 is 0. The SMILES string of the molecule is O=C1NC(=O)[C@@](c2ccccc2)(c2c[nH]c3ccccc23)N1. The molecule has 1 aromatic heterocycles. The zero-order chi connectivity index (χ0) is 15.2. The number of nitrogens with one attached hydrogen (secondary N) is 3. The third kappa shape index (κ3) is 1.59. The molecule has 3 aromatic rings. The lowest BCUT2D eigenvalue weighted by Gasteiger charge is -2.26. The summed E-state index contributed by atoms with van der Waals surface area (Å²) in [6.07, 6.45) is 1.78. The first-order chi connectivity index (χ1) is 10.7. The Labute approximate surface area is 126 Å². The van der Waals surface area contributed by atoms with Crippen molar-refractivity contribution in [3.63, 3.8) is 0 Å². The fourth-order valence-corrected chi connectivity index (χ4v) is 3.07. The van der Waals surface area contributed by atoms with Crippen LogP contribution in [0, 0.1) is 0 Å².